The number of aliphatic carboxylic acids is 1. The summed E-state index contributed by atoms with van der Waals surface area (Å²) in [5, 5.41) is 8.74. The summed E-state index contributed by atoms with van der Waals surface area (Å²) in [6.45, 7) is 10.8. The number of nitrogens with zero attached hydrogens (tertiary/aromatic N) is 1. The highest BCUT2D eigenvalue weighted by Crippen LogP contribution is 2.24. The molecule has 1 atom stereocenters. The Morgan fingerprint density at radius 2 is 1.79 bits per heavy atom. The Morgan fingerprint density at radius 1 is 1.32 bits per heavy atom. The molecule has 0 bridgehead atoms. The fraction of sp³-hybridized carbons (Fsp3) is 0.571. The zero-order chi connectivity index (χ0) is 15.4. The molecule has 0 heterocycles. The number of carboxylic acid groups (broad SMARTS) is 1. The molecule has 0 spiro atoms. The van der Waals surface area contributed by atoms with E-state index in [1.165, 1.54) is 13.0 Å². The monoisotopic (exact) mass is 269 g/mol. The van der Waals surface area contributed by atoms with Crippen LogP contribution in [0.1, 0.15) is 27.7 Å². The van der Waals surface area contributed by atoms with Crippen LogP contribution in [0.15, 0.2) is 23.8 Å². The number of ether oxygens (including phenoxy) is 1. The van der Waals surface area contributed by atoms with Crippen molar-refractivity contribution in [1.82, 2.24) is 4.90 Å². The van der Waals surface area contributed by atoms with Crippen molar-refractivity contribution < 1.29 is 19.4 Å². The Kier molecular flexibility index (Phi) is 5.96. The molecule has 0 saturated carbocycles. The van der Waals surface area contributed by atoms with E-state index in [2.05, 4.69) is 6.58 Å². The summed E-state index contributed by atoms with van der Waals surface area (Å²) in [7, 11) is 3.62. The highest BCUT2D eigenvalue weighted by molar-refractivity contribution is 5.95. The van der Waals surface area contributed by atoms with Crippen LogP contribution in [0.3, 0.4) is 0 Å². The van der Waals surface area contributed by atoms with Crippen molar-refractivity contribution in [2.45, 2.75) is 33.9 Å². The van der Waals surface area contributed by atoms with Gasteiger partial charge in [0.15, 0.2) is 6.23 Å². The number of carbonyl (C=O) groups excluding carboxylic acids is 1. The molecule has 5 heteroatoms. The molecular formula is C14H23NO4. The van der Waals surface area contributed by atoms with E-state index in [9.17, 15) is 9.59 Å². The van der Waals surface area contributed by atoms with Crippen LogP contribution in [0.5, 0.6) is 0 Å². The molecule has 0 amide bonds. The van der Waals surface area contributed by atoms with E-state index in [0.717, 1.165) is 0 Å². The van der Waals surface area contributed by atoms with Gasteiger partial charge in [0, 0.05) is 11.0 Å². The van der Waals surface area contributed by atoms with Crippen molar-refractivity contribution in [3.8, 4) is 0 Å². The Balaban J connectivity index is 4.90. The molecule has 0 aliphatic rings. The molecule has 0 aromatic heterocycles. The summed E-state index contributed by atoms with van der Waals surface area (Å²) in [4.78, 5) is 24.3. The molecule has 0 aliphatic heterocycles. The number of rotatable bonds is 5. The third-order valence-electron chi connectivity index (χ3n) is 2.42. The number of carbonyl (C=O) groups is 2. The van der Waals surface area contributed by atoms with Gasteiger partial charge in [-0.15, -0.1) is 0 Å². The first-order valence-electron chi connectivity index (χ1n) is 5.94. The molecule has 0 aliphatic carbocycles. The fourth-order valence-corrected chi connectivity index (χ4v) is 1.62. The van der Waals surface area contributed by atoms with Gasteiger partial charge in [-0.1, -0.05) is 27.4 Å². The summed E-state index contributed by atoms with van der Waals surface area (Å²) >= 11 is 0. The lowest BCUT2D eigenvalue weighted by molar-refractivity contribution is -0.162. The summed E-state index contributed by atoms with van der Waals surface area (Å²) in [6, 6.07) is 0. The Morgan fingerprint density at radius 3 is 2.11 bits per heavy atom. The van der Waals surface area contributed by atoms with E-state index in [1.807, 2.05) is 34.9 Å². The summed E-state index contributed by atoms with van der Waals surface area (Å²) in [5.74, 6) is -1.71. The highest BCUT2D eigenvalue weighted by atomic mass is 16.6. The third-order valence-corrected chi connectivity index (χ3v) is 2.42. The van der Waals surface area contributed by atoms with E-state index in [-0.39, 0.29) is 16.6 Å². The molecule has 0 aromatic rings. The van der Waals surface area contributed by atoms with Crippen LogP contribution in [-0.4, -0.2) is 42.3 Å². The minimum Gasteiger partial charge on any atom is -0.478 e. The standard InChI is InChI=1S/C14H23NO4/c1-9(11(16)17)8-10(2)12(18)19-13(15(6)7)14(3,4)5/h8,13H,2H2,1,3-7H3,(H,16,17). The van der Waals surface area contributed by atoms with E-state index in [4.69, 9.17) is 9.84 Å². The summed E-state index contributed by atoms with van der Waals surface area (Å²) in [6.07, 6.45) is 0.787. The van der Waals surface area contributed by atoms with Crippen molar-refractivity contribution in [1.29, 1.82) is 0 Å². The Bertz CT molecular complexity index is 402. The molecule has 19 heavy (non-hydrogen) atoms. The first-order valence-corrected chi connectivity index (χ1v) is 5.94. The molecule has 108 valence electrons. The first-order chi connectivity index (χ1) is 8.46. The van der Waals surface area contributed by atoms with Crippen molar-refractivity contribution in [2.75, 3.05) is 14.1 Å². The second kappa shape index (κ2) is 6.52. The van der Waals surface area contributed by atoms with Crippen molar-refractivity contribution in [3.05, 3.63) is 23.8 Å². The average molecular weight is 269 g/mol. The van der Waals surface area contributed by atoms with Crippen molar-refractivity contribution in [3.63, 3.8) is 0 Å². The molecule has 0 fully saturated rings. The average Bonchev–Trinajstić information content (AvgIpc) is 2.22. The van der Waals surface area contributed by atoms with Crippen LogP contribution in [0, 0.1) is 5.41 Å². The molecule has 0 radical (unpaired) electrons. The molecular weight excluding hydrogens is 246 g/mol. The largest absolute Gasteiger partial charge is 0.478 e. The molecule has 0 rings (SSSR count). The molecule has 0 saturated heterocycles. The van der Waals surface area contributed by atoms with Gasteiger partial charge in [0.25, 0.3) is 0 Å². The van der Waals surface area contributed by atoms with Gasteiger partial charge in [0.2, 0.25) is 0 Å². The topological polar surface area (TPSA) is 66.8 Å². The normalized spacial score (nSPS) is 14.2. The van der Waals surface area contributed by atoms with Gasteiger partial charge in [0.05, 0.1) is 5.57 Å². The molecule has 0 aromatic carbocycles. The lowest BCUT2D eigenvalue weighted by Gasteiger charge is -2.35. The van der Waals surface area contributed by atoms with Crippen molar-refractivity contribution >= 4 is 11.9 Å². The molecule has 1 unspecified atom stereocenters. The van der Waals surface area contributed by atoms with Crippen LogP contribution in [0.4, 0.5) is 0 Å². The number of hydrogen-bond acceptors (Lipinski definition) is 4. The van der Waals surface area contributed by atoms with Gasteiger partial charge in [0.1, 0.15) is 0 Å². The lowest BCUT2D eigenvalue weighted by atomic mass is 9.93. The quantitative estimate of drug-likeness (QED) is 0.358. The van der Waals surface area contributed by atoms with Gasteiger partial charge < -0.3 is 9.84 Å². The third kappa shape index (κ3) is 5.70. The maximum atomic E-state index is 11.9. The van der Waals surface area contributed by atoms with Crippen molar-refractivity contribution in [2.24, 2.45) is 5.41 Å². The second-order valence-corrected chi connectivity index (χ2v) is 5.75. The van der Waals surface area contributed by atoms with Crippen LogP contribution in [-0.2, 0) is 14.3 Å². The Hall–Kier alpha value is -1.62. The number of hydrogen-bond donors (Lipinski definition) is 1. The van der Waals surface area contributed by atoms with Crippen LogP contribution < -0.4 is 0 Å². The smallest absolute Gasteiger partial charge is 0.339 e. The van der Waals surface area contributed by atoms with Gasteiger partial charge in [-0.3, -0.25) is 4.90 Å². The maximum absolute atomic E-state index is 11.9. The maximum Gasteiger partial charge on any atom is 0.339 e. The van der Waals surface area contributed by atoms with Gasteiger partial charge >= 0.3 is 11.9 Å². The second-order valence-electron chi connectivity index (χ2n) is 5.75. The van der Waals surface area contributed by atoms with Crippen LogP contribution in [0.25, 0.3) is 0 Å². The van der Waals surface area contributed by atoms with E-state index < -0.39 is 18.2 Å². The van der Waals surface area contributed by atoms with Crippen LogP contribution in [0.2, 0.25) is 0 Å². The number of carboxylic acids is 1. The number of esters is 1. The molecule has 5 nitrogen and oxygen atoms in total. The highest BCUT2D eigenvalue weighted by Gasteiger charge is 2.30. The minimum atomic E-state index is -1.09. The Labute approximate surface area is 114 Å². The SMILES string of the molecule is C=C(C=C(C)C(=O)O)C(=O)OC(N(C)C)C(C)(C)C. The van der Waals surface area contributed by atoms with E-state index >= 15 is 0 Å². The lowest BCUT2D eigenvalue weighted by Crippen LogP contribution is -2.43. The zero-order valence-corrected chi connectivity index (χ0v) is 12.5. The first kappa shape index (κ1) is 17.4. The van der Waals surface area contributed by atoms with Gasteiger partial charge in [-0.2, -0.15) is 0 Å². The van der Waals surface area contributed by atoms with E-state index in [0.29, 0.717) is 0 Å². The summed E-state index contributed by atoms with van der Waals surface area (Å²) in [5.41, 5.74) is -0.194. The predicted molar refractivity (Wildman–Crippen MR) is 73.6 cm³/mol. The predicted octanol–water partition coefficient (Wildman–Crippen LogP) is 2.05. The minimum absolute atomic E-state index is 0.0241. The zero-order valence-electron chi connectivity index (χ0n) is 12.5. The summed E-state index contributed by atoms with van der Waals surface area (Å²) < 4.78 is 5.37. The van der Waals surface area contributed by atoms with Gasteiger partial charge in [-0.25, -0.2) is 9.59 Å². The van der Waals surface area contributed by atoms with E-state index in [1.54, 1.807) is 4.90 Å². The molecule has 1 N–H and O–H groups in total. The van der Waals surface area contributed by atoms with Crippen LogP contribution >= 0.6 is 0 Å². The van der Waals surface area contributed by atoms with Gasteiger partial charge in [-0.05, 0) is 27.1 Å². The fourth-order valence-electron chi connectivity index (χ4n) is 1.62.